The minimum Gasteiger partial charge on any atom is -0.394 e. The second-order valence-corrected chi connectivity index (χ2v) is 9.05. The molecule has 0 aliphatic carbocycles. The Labute approximate surface area is 188 Å². The lowest BCUT2D eigenvalue weighted by Crippen LogP contribution is -2.58. The maximum absolute atomic E-state index is 13.7. The van der Waals surface area contributed by atoms with E-state index in [9.17, 15) is 19.5 Å². The summed E-state index contributed by atoms with van der Waals surface area (Å²) in [5, 5.41) is 15.8. The van der Waals surface area contributed by atoms with Crippen molar-refractivity contribution in [1.82, 2.24) is 10.2 Å². The minimum atomic E-state index is -1.03. The Bertz CT molecular complexity index is 858. The average Bonchev–Trinajstić information content (AvgIpc) is 3.43. The number of amides is 3. The van der Waals surface area contributed by atoms with Crippen molar-refractivity contribution >= 4 is 23.4 Å². The van der Waals surface area contributed by atoms with Crippen LogP contribution in [-0.4, -0.2) is 64.7 Å². The van der Waals surface area contributed by atoms with E-state index < -0.39 is 35.6 Å². The number of nitrogens with zero attached hydrogens (tertiary/aromatic N) is 1. The van der Waals surface area contributed by atoms with Crippen molar-refractivity contribution in [3.63, 3.8) is 0 Å². The van der Waals surface area contributed by atoms with Gasteiger partial charge in [0.25, 0.3) is 0 Å². The van der Waals surface area contributed by atoms with Crippen molar-refractivity contribution < 1.29 is 24.2 Å². The van der Waals surface area contributed by atoms with E-state index in [1.165, 1.54) is 4.90 Å². The van der Waals surface area contributed by atoms with Gasteiger partial charge in [-0.3, -0.25) is 14.4 Å². The van der Waals surface area contributed by atoms with Gasteiger partial charge in [-0.1, -0.05) is 38.5 Å². The Morgan fingerprint density at radius 2 is 2.00 bits per heavy atom. The van der Waals surface area contributed by atoms with Gasteiger partial charge in [0.2, 0.25) is 17.7 Å². The summed E-state index contributed by atoms with van der Waals surface area (Å²) < 4.78 is 6.37. The molecule has 1 spiro atoms. The molecule has 3 fully saturated rings. The molecule has 1 aromatic rings. The largest absolute Gasteiger partial charge is 0.394 e. The van der Waals surface area contributed by atoms with Crippen LogP contribution in [0.15, 0.2) is 30.3 Å². The molecule has 0 aromatic heterocycles. The van der Waals surface area contributed by atoms with E-state index in [-0.39, 0.29) is 24.3 Å². The van der Waals surface area contributed by atoms with Gasteiger partial charge in [0, 0.05) is 12.2 Å². The Kier molecular flexibility index (Phi) is 6.53. The minimum absolute atomic E-state index is 0.242. The normalized spacial score (nSPS) is 31.5. The predicted molar refractivity (Wildman–Crippen MR) is 119 cm³/mol. The third-order valence-electron chi connectivity index (χ3n) is 7.24. The van der Waals surface area contributed by atoms with Crippen molar-refractivity contribution in [2.75, 3.05) is 18.5 Å². The maximum Gasteiger partial charge on any atom is 0.245 e. The van der Waals surface area contributed by atoms with Gasteiger partial charge in [-0.15, -0.1) is 0 Å². The van der Waals surface area contributed by atoms with Gasteiger partial charge in [-0.05, 0) is 37.8 Å². The number of aliphatic hydroxyl groups excluding tert-OH is 1. The van der Waals surface area contributed by atoms with Crippen LogP contribution in [0.3, 0.4) is 0 Å². The first-order valence-corrected chi connectivity index (χ1v) is 11.7. The van der Waals surface area contributed by atoms with Crippen LogP contribution in [0.1, 0.15) is 46.0 Å². The Hall–Kier alpha value is -2.45. The van der Waals surface area contributed by atoms with Crippen molar-refractivity contribution in [2.45, 2.75) is 69.7 Å². The highest BCUT2D eigenvalue weighted by Crippen LogP contribution is 2.59. The molecule has 4 rings (SSSR count). The maximum atomic E-state index is 13.7. The first-order valence-electron chi connectivity index (χ1n) is 11.7. The number of carbonyl (C=O) groups excluding carboxylic acids is 3. The number of benzene rings is 1. The van der Waals surface area contributed by atoms with Crippen LogP contribution in [-0.2, 0) is 19.1 Å². The molecule has 174 valence electrons. The molecule has 2 unspecified atom stereocenters. The van der Waals surface area contributed by atoms with E-state index >= 15 is 0 Å². The number of para-hydroxylation sites is 1. The summed E-state index contributed by atoms with van der Waals surface area (Å²) in [7, 11) is 0. The number of anilines is 1. The fourth-order valence-electron chi connectivity index (χ4n) is 5.73. The van der Waals surface area contributed by atoms with E-state index in [0.717, 1.165) is 12.8 Å². The van der Waals surface area contributed by atoms with Crippen molar-refractivity contribution in [1.29, 1.82) is 0 Å². The van der Waals surface area contributed by atoms with Gasteiger partial charge in [-0.25, -0.2) is 0 Å². The van der Waals surface area contributed by atoms with Crippen molar-refractivity contribution in [3.05, 3.63) is 30.3 Å². The first kappa shape index (κ1) is 22.7. The number of likely N-dealkylation sites (tertiary alicyclic amines) is 1. The van der Waals surface area contributed by atoms with Crippen LogP contribution in [0.5, 0.6) is 0 Å². The molecule has 3 saturated heterocycles. The van der Waals surface area contributed by atoms with Crippen LogP contribution in [0.4, 0.5) is 5.69 Å². The molecule has 2 bridgehead atoms. The van der Waals surface area contributed by atoms with Gasteiger partial charge in [0.05, 0.1) is 30.6 Å². The molecule has 3 aliphatic heterocycles. The van der Waals surface area contributed by atoms with Crippen molar-refractivity contribution in [3.8, 4) is 0 Å². The van der Waals surface area contributed by atoms with Crippen molar-refractivity contribution in [2.24, 2.45) is 11.8 Å². The molecular formula is C24H33N3O5. The molecule has 3 heterocycles. The summed E-state index contributed by atoms with van der Waals surface area (Å²) in [5.41, 5.74) is -0.369. The monoisotopic (exact) mass is 443 g/mol. The zero-order valence-corrected chi connectivity index (χ0v) is 18.8. The fraction of sp³-hybridized carbons (Fsp3) is 0.625. The molecular weight excluding hydrogens is 410 g/mol. The molecule has 6 atom stereocenters. The molecule has 8 heteroatoms. The van der Waals surface area contributed by atoms with Crippen LogP contribution in [0.25, 0.3) is 0 Å². The number of unbranched alkanes of at least 4 members (excludes halogenated alkanes) is 1. The Balaban J connectivity index is 1.66. The number of nitrogens with one attached hydrogen (secondary N) is 2. The number of rotatable bonds is 9. The van der Waals surface area contributed by atoms with Crippen LogP contribution in [0.2, 0.25) is 0 Å². The number of fused-ring (bicyclic) bond motifs is 1. The van der Waals surface area contributed by atoms with E-state index in [2.05, 4.69) is 10.6 Å². The number of hydrogen-bond acceptors (Lipinski definition) is 5. The average molecular weight is 444 g/mol. The summed E-state index contributed by atoms with van der Waals surface area (Å²) in [5.74, 6) is -2.18. The van der Waals surface area contributed by atoms with Gasteiger partial charge in [0.15, 0.2) is 0 Å². The summed E-state index contributed by atoms with van der Waals surface area (Å²) >= 11 is 0. The smallest absolute Gasteiger partial charge is 0.245 e. The van der Waals surface area contributed by atoms with E-state index in [1.54, 1.807) is 12.1 Å². The topological polar surface area (TPSA) is 108 Å². The van der Waals surface area contributed by atoms with Crippen LogP contribution >= 0.6 is 0 Å². The van der Waals surface area contributed by atoms with Crippen LogP contribution < -0.4 is 10.6 Å². The molecule has 1 aromatic carbocycles. The second kappa shape index (κ2) is 9.19. The summed E-state index contributed by atoms with van der Waals surface area (Å²) in [6.45, 7) is 4.20. The molecule has 3 aliphatic rings. The quantitative estimate of drug-likeness (QED) is 0.504. The lowest BCUT2D eigenvalue weighted by molar-refractivity contribution is -0.145. The number of hydrogen-bond donors (Lipinski definition) is 3. The highest BCUT2D eigenvalue weighted by atomic mass is 16.5. The van der Waals surface area contributed by atoms with E-state index in [0.29, 0.717) is 31.5 Å². The highest BCUT2D eigenvalue weighted by Gasteiger charge is 2.74. The molecule has 3 N–H and O–H groups in total. The highest BCUT2D eigenvalue weighted by molar-refractivity contribution is 6.02. The third-order valence-corrected chi connectivity index (χ3v) is 7.24. The summed E-state index contributed by atoms with van der Waals surface area (Å²) in [6, 6.07) is 7.80. The third kappa shape index (κ3) is 3.59. The number of ether oxygens (including phenoxy) is 1. The number of aliphatic hydroxyl groups is 1. The zero-order chi connectivity index (χ0) is 22.9. The van der Waals surface area contributed by atoms with E-state index in [4.69, 9.17) is 4.74 Å². The van der Waals surface area contributed by atoms with Gasteiger partial charge in [-0.2, -0.15) is 0 Å². The summed E-state index contributed by atoms with van der Waals surface area (Å²) in [6.07, 6.45) is 3.07. The lowest BCUT2D eigenvalue weighted by atomic mass is 9.70. The molecule has 0 radical (unpaired) electrons. The van der Waals surface area contributed by atoms with Crippen LogP contribution in [0, 0.1) is 11.8 Å². The Morgan fingerprint density at radius 1 is 1.25 bits per heavy atom. The zero-order valence-electron chi connectivity index (χ0n) is 18.8. The molecule has 32 heavy (non-hydrogen) atoms. The van der Waals surface area contributed by atoms with Gasteiger partial charge >= 0.3 is 0 Å². The standard InChI is InChI=1S/C24H33N3O5/c1-3-5-13-25-22(30)20-24-12-11-17(32-24)18(21(29)26-15-9-7-6-8-10-15)19(24)23(31)27(20)16(4-2)14-28/h6-10,16-20,28H,3-5,11-14H2,1-2H3,(H,25,30)(H,26,29)/t16-,17-,18+,19-,20?,24?/m0/s1. The lowest BCUT2D eigenvalue weighted by Gasteiger charge is -2.36. The number of carbonyl (C=O) groups is 3. The molecule has 8 nitrogen and oxygen atoms in total. The summed E-state index contributed by atoms with van der Waals surface area (Å²) in [4.78, 5) is 41.8. The Morgan fingerprint density at radius 3 is 2.66 bits per heavy atom. The first-order chi connectivity index (χ1) is 15.5. The second-order valence-electron chi connectivity index (χ2n) is 9.05. The molecule has 3 amide bonds. The SMILES string of the molecule is CCCCNC(=O)C1N([C@@H](CC)CO)C(=O)[C@@H]2[C@H](C(=O)Nc3ccccc3)[C@@H]3CCC12O3. The molecule has 0 saturated carbocycles. The van der Waals surface area contributed by atoms with Gasteiger partial charge in [0.1, 0.15) is 11.6 Å². The van der Waals surface area contributed by atoms with Gasteiger partial charge < -0.3 is 25.4 Å². The predicted octanol–water partition coefficient (Wildman–Crippen LogP) is 1.69. The van der Waals surface area contributed by atoms with E-state index in [1.807, 2.05) is 32.0 Å². The fourth-order valence-corrected chi connectivity index (χ4v) is 5.73.